The summed E-state index contributed by atoms with van der Waals surface area (Å²) in [6, 6.07) is 8.49. The van der Waals surface area contributed by atoms with Gasteiger partial charge in [0.1, 0.15) is 15.8 Å². The second kappa shape index (κ2) is 8.68. The van der Waals surface area contributed by atoms with Crippen molar-refractivity contribution in [3.8, 4) is 0 Å². The third-order valence-corrected chi connectivity index (χ3v) is 5.77. The number of rotatable bonds is 7. The van der Waals surface area contributed by atoms with E-state index in [4.69, 9.17) is 16.0 Å². The summed E-state index contributed by atoms with van der Waals surface area (Å²) in [5.74, 6) is -2.67. The highest BCUT2D eigenvalue weighted by Crippen LogP contribution is 2.20. The third kappa shape index (κ3) is 5.17. The Morgan fingerprint density at radius 3 is 2.59 bits per heavy atom. The van der Waals surface area contributed by atoms with Crippen LogP contribution >= 0.6 is 11.6 Å². The Morgan fingerprint density at radius 1 is 1.17 bits per heavy atom. The molecular formula is C18H14ClF2N3O4S. The lowest BCUT2D eigenvalue weighted by molar-refractivity contribution is -0.116. The minimum absolute atomic E-state index is 0.0163. The van der Waals surface area contributed by atoms with Gasteiger partial charge in [0.05, 0.1) is 19.4 Å². The molecule has 11 heteroatoms. The van der Waals surface area contributed by atoms with Crippen LogP contribution in [0.2, 0.25) is 5.15 Å². The van der Waals surface area contributed by atoms with Gasteiger partial charge in [-0.05, 0) is 36.4 Å². The van der Waals surface area contributed by atoms with Crippen LogP contribution in [0.4, 0.5) is 14.5 Å². The molecule has 0 spiro atoms. The number of furan rings is 1. The highest BCUT2D eigenvalue weighted by Gasteiger charge is 2.28. The minimum Gasteiger partial charge on any atom is -0.468 e. The van der Waals surface area contributed by atoms with Crippen molar-refractivity contribution in [3.63, 3.8) is 0 Å². The quantitative estimate of drug-likeness (QED) is 0.567. The second-order valence-electron chi connectivity index (χ2n) is 5.85. The summed E-state index contributed by atoms with van der Waals surface area (Å²) >= 11 is 5.70. The van der Waals surface area contributed by atoms with E-state index in [-0.39, 0.29) is 22.3 Å². The van der Waals surface area contributed by atoms with Crippen molar-refractivity contribution in [1.82, 2.24) is 9.29 Å². The molecule has 29 heavy (non-hydrogen) atoms. The Morgan fingerprint density at radius 2 is 1.97 bits per heavy atom. The van der Waals surface area contributed by atoms with Gasteiger partial charge in [-0.25, -0.2) is 22.2 Å². The standard InChI is InChI=1S/C18H14ClF2N3O4S/c19-17-6-4-14(9-22-17)29(26,27)24(10-13-2-1-7-28-13)11-18(25)23-12-3-5-15(20)16(21)8-12/h1-9H,10-11H2,(H,23,25). The zero-order valence-corrected chi connectivity index (χ0v) is 16.3. The van der Waals surface area contributed by atoms with Crippen LogP contribution in [0.3, 0.4) is 0 Å². The maximum Gasteiger partial charge on any atom is 0.245 e. The molecule has 2 heterocycles. The highest BCUT2D eigenvalue weighted by atomic mass is 35.5. The lowest BCUT2D eigenvalue weighted by Gasteiger charge is -2.20. The SMILES string of the molecule is O=C(CN(Cc1ccco1)S(=O)(=O)c1ccc(Cl)nc1)Nc1ccc(F)c(F)c1. The fourth-order valence-electron chi connectivity index (χ4n) is 2.40. The van der Waals surface area contributed by atoms with E-state index in [1.54, 1.807) is 12.1 Å². The smallest absolute Gasteiger partial charge is 0.245 e. The van der Waals surface area contributed by atoms with Gasteiger partial charge in [-0.15, -0.1) is 0 Å². The molecule has 0 aliphatic heterocycles. The molecule has 7 nitrogen and oxygen atoms in total. The van der Waals surface area contributed by atoms with E-state index in [2.05, 4.69) is 10.3 Å². The van der Waals surface area contributed by atoms with Crippen LogP contribution in [0, 0.1) is 11.6 Å². The number of aromatic nitrogens is 1. The number of nitrogens with one attached hydrogen (secondary N) is 1. The molecule has 0 saturated heterocycles. The number of carbonyl (C=O) groups excluding carboxylic acids is 1. The molecule has 0 saturated carbocycles. The lowest BCUT2D eigenvalue weighted by atomic mass is 10.3. The van der Waals surface area contributed by atoms with Gasteiger partial charge in [0.2, 0.25) is 15.9 Å². The number of hydrogen-bond donors (Lipinski definition) is 1. The van der Waals surface area contributed by atoms with E-state index < -0.39 is 34.1 Å². The summed E-state index contributed by atoms with van der Waals surface area (Å²) in [7, 11) is -4.14. The number of pyridine rings is 1. The van der Waals surface area contributed by atoms with Crippen molar-refractivity contribution in [1.29, 1.82) is 0 Å². The van der Waals surface area contributed by atoms with Gasteiger partial charge in [0, 0.05) is 18.0 Å². The average molecular weight is 442 g/mol. The molecule has 0 unspecified atom stereocenters. The molecule has 3 aromatic rings. The van der Waals surface area contributed by atoms with Crippen molar-refractivity contribution < 1.29 is 26.4 Å². The van der Waals surface area contributed by atoms with E-state index in [0.717, 1.165) is 28.7 Å². The Hall–Kier alpha value is -2.82. The fourth-order valence-corrected chi connectivity index (χ4v) is 3.82. The monoisotopic (exact) mass is 441 g/mol. The van der Waals surface area contributed by atoms with Crippen molar-refractivity contribution in [2.45, 2.75) is 11.4 Å². The molecule has 0 fully saturated rings. The van der Waals surface area contributed by atoms with Crippen LogP contribution < -0.4 is 5.32 Å². The summed E-state index contributed by atoms with van der Waals surface area (Å²) in [6.45, 7) is -0.839. The molecular weight excluding hydrogens is 428 g/mol. The van der Waals surface area contributed by atoms with Crippen LogP contribution in [0.15, 0.2) is 64.2 Å². The summed E-state index contributed by atoms with van der Waals surface area (Å²) in [5, 5.41) is 2.44. The Labute approximate surface area is 170 Å². The number of halogens is 3. The first-order valence-electron chi connectivity index (χ1n) is 8.15. The Bertz CT molecular complexity index is 1110. The predicted molar refractivity (Wildman–Crippen MR) is 101 cm³/mol. The summed E-state index contributed by atoms with van der Waals surface area (Å²) in [5.41, 5.74) is -0.0163. The molecule has 3 rings (SSSR count). The summed E-state index contributed by atoms with van der Waals surface area (Å²) < 4.78 is 58.3. The van der Waals surface area contributed by atoms with Gasteiger partial charge in [-0.2, -0.15) is 4.31 Å². The first-order chi connectivity index (χ1) is 13.8. The average Bonchev–Trinajstić information content (AvgIpc) is 3.18. The normalized spacial score (nSPS) is 11.6. The molecule has 0 bridgehead atoms. The predicted octanol–water partition coefficient (Wildman–Crippen LogP) is 3.44. The van der Waals surface area contributed by atoms with Crippen LogP contribution in [0.25, 0.3) is 0 Å². The summed E-state index contributed by atoms with van der Waals surface area (Å²) in [6.07, 6.45) is 2.44. The number of carbonyl (C=O) groups is 1. The molecule has 0 aliphatic rings. The van der Waals surface area contributed by atoms with Gasteiger partial charge in [0.15, 0.2) is 11.6 Å². The Balaban J connectivity index is 1.83. The zero-order valence-electron chi connectivity index (χ0n) is 14.7. The molecule has 0 atom stereocenters. The molecule has 1 amide bonds. The number of nitrogens with zero attached hydrogens (tertiary/aromatic N) is 2. The van der Waals surface area contributed by atoms with E-state index >= 15 is 0 Å². The second-order valence-corrected chi connectivity index (χ2v) is 8.17. The fraction of sp³-hybridized carbons (Fsp3) is 0.111. The largest absolute Gasteiger partial charge is 0.468 e. The van der Waals surface area contributed by atoms with E-state index in [0.29, 0.717) is 5.76 Å². The number of anilines is 1. The van der Waals surface area contributed by atoms with Crippen molar-refractivity contribution in [3.05, 3.63) is 77.5 Å². The maximum atomic E-state index is 13.3. The molecule has 0 radical (unpaired) electrons. The van der Waals surface area contributed by atoms with Crippen molar-refractivity contribution in [2.24, 2.45) is 0 Å². The van der Waals surface area contributed by atoms with Gasteiger partial charge in [0.25, 0.3) is 0 Å². The molecule has 0 aliphatic carbocycles. The maximum absolute atomic E-state index is 13.3. The number of benzene rings is 1. The lowest BCUT2D eigenvalue weighted by Crippen LogP contribution is -2.37. The van der Waals surface area contributed by atoms with Crippen LogP contribution in [-0.4, -0.2) is 30.2 Å². The minimum atomic E-state index is -4.14. The number of hydrogen-bond acceptors (Lipinski definition) is 5. The van der Waals surface area contributed by atoms with Crippen molar-refractivity contribution >= 4 is 33.2 Å². The van der Waals surface area contributed by atoms with Crippen LogP contribution in [0.5, 0.6) is 0 Å². The van der Waals surface area contributed by atoms with E-state index in [1.165, 1.54) is 18.4 Å². The zero-order chi connectivity index (χ0) is 21.0. The first-order valence-corrected chi connectivity index (χ1v) is 9.96. The van der Waals surface area contributed by atoms with E-state index in [1.807, 2.05) is 0 Å². The summed E-state index contributed by atoms with van der Waals surface area (Å²) in [4.78, 5) is 16.0. The van der Waals surface area contributed by atoms with Gasteiger partial charge in [-0.3, -0.25) is 4.79 Å². The Kier molecular flexibility index (Phi) is 6.26. The molecule has 1 N–H and O–H groups in total. The van der Waals surface area contributed by atoms with Gasteiger partial charge < -0.3 is 9.73 Å². The van der Waals surface area contributed by atoms with Crippen LogP contribution in [0.1, 0.15) is 5.76 Å². The highest BCUT2D eigenvalue weighted by molar-refractivity contribution is 7.89. The van der Waals surface area contributed by atoms with Crippen molar-refractivity contribution in [2.75, 3.05) is 11.9 Å². The number of sulfonamides is 1. The third-order valence-electron chi connectivity index (χ3n) is 3.77. The van der Waals surface area contributed by atoms with Crippen LogP contribution in [-0.2, 0) is 21.4 Å². The van der Waals surface area contributed by atoms with Gasteiger partial charge >= 0.3 is 0 Å². The van der Waals surface area contributed by atoms with Gasteiger partial charge in [-0.1, -0.05) is 11.6 Å². The molecule has 152 valence electrons. The number of amides is 1. The van der Waals surface area contributed by atoms with E-state index in [9.17, 15) is 22.0 Å². The molecule has 1 aromatic carbocycles. The molecule has 2 aromatic heterocycles. The first kappa shape index (κ1) is 20.9. The topological polar surface area (TPSA) is 92.5 Å².